The Bertz CT molecular complexity index is 1380. The van der Waals surface area contributed by atoms with E-state index in [1.54, 1.807) is 0 Å². The minimum absolute atomic E-state index is 0.0614. The first-order valence-electron chi connectivity index (χ1n) is 29.0. The molecule has 1 heterocycles. The number of hydrogen-bond acceptors (Lipinski definition) is 11. The van der Waals surface area contributed by atoms with Gasteiger partial charge < -0.3 is 39.0 Å². The van der Waals surface area contributed by atoms with Crippen LogP contribution in [-0.4, -0.2) is 89.2 Å². The highest BCUT2D eigenvalue weighted by Crippen LogP contribution is 2.26. The number of carbonyl (C=O) groups excluding carboxylic acids is 3. The summed E-state index contributed by atoms with van der Waals surface area (Å²) in [6.45, 7) is 5.92. The molecule has 12 nitrogen and oxygen atoms in total. The van der Waals surface area contributed by atoms with Gasteiger partial charge >= 0.3 is 23.9 Å². The minimum atomic E-state index is -1.90. The summed E-state index contributed by atoms with van der Waals surface area (Å²) < 4.78 is 28.3. The van der Waals surface area contributed by atoms with Gasteiger partial charge in [-0.25, -0.2) is 4.79 Å². The first-order chi connectivity index (χ1) is 34.6. The Morgan fingerprint density at radius 3 is 1.31 bits per heavy atom. The average Bonchev–Trinajstić information content (AvgIpc) is 3.35. The Morgan fingerprint density at radius 1 is 0.465 bits per heavy atom. The smallest absolute Gasteiger partial charge is 0.335 e. The molecule has 1 aliphatic heterocycles. The highest BCUT2D eigenvalue weighted by Gasteiger charge is 2.50. The second-order valence-electron chi connectivity index (χ2n) is 19.9. The molecular weight excluding hydrogens is 901 g/mol. The summed E-state index contributed by atoms with van der Waals surface area (Å²) >= 11 is 0. The maximum absolute atomic E-state index is 13.1. The topological polar surface area (TPSA) is 175 Å². The third-order valence-electron chi connectivity index (χ3n) is 13.2. The molecule has 0 spiro atoms. The molecule has 0 bridgehead atoms. The Kier molecular flexibility index (Phi) is 44.5. The van der Waals surface area contributed by atoms with E-state index in [9.17, 15) is 34.5 Å². The van der Waals surface area contributed by atoms with Crippen LogP contribution >= 0.6 is 0 Å². The van der Waals surface area contributed by atoms with Crippen molar-refractivity contribution in [3.05, 3.63) is 36.5 Å². The van der Waals surface area contributed by atoms with Crippen LogP contribution in [0.1, 0.15) is 265 Å². The highest BCUT2D eigenvalue weighted by atomic mass is 16.7. The summed E-state index contributed by atoms with van der Waals surface area (Å²) in [5.74, 6) is -3.13. The Labute approximate surface area is 431 Å². The predicted molar refractivity (Wildman–Crippen MR) is 285 cm³/mol. The largest absolute Gasteiger partial charge is 0.479 e. The van der Waals surface area contributed by atoms with E-state index in [2.05, 4.69) is 57.2 Å². The lowest BCUT2D eigenvalue weighted by Crippen LogP contribution is -2.61. The first kappa shape index (κ1) is 66.0. The van der Waals surface area contributed by atoms with Crippen LogP contribution in [0.2, 0.25) is 0 Å². The molecule has 0 saturated carbocycles. The standard InChI is InChI=1S/C59H104O12/c1-4-7-10-13-16-19-21-23-25-26-28-29-31-34-36-39-42-45-51(60)67-48-50(69-52(61)46-43-40-38-35-32-30-27-24-22-20-17-14-11-8-5-2)49-68-59-57(55(64)54(63)56(71-59)58(65)66)70-53(62)47-44-41-37-33-18-15-12-9-6-3/h17,20,23-25,27,50,54-57,59,63-64H,4-16,18-19,21-22,26,28-49H2,1-3H3,(H,65,66)/b20-17-,25-23-,27-24-. The third kappa shape index (κ3) is 38.2. The molecule has 0 aromatic rings. The molecule has 1 aliphatic rings. The van der Waals surface area contributed by atoms with Gasteiger partial charge in [-0.1, -0.05) is 205 Å². The number of aliphatic hydroxyl groups is 2. The summed E-state index contributed by atoms with van der Waals surface area (Å²) in [6.07, 6.45) is 42.7. The van der Waals surface area contributed by atoms with Gasteiger partial charge in [-0.2, -0.15) is 0 Å². The van der Waals surface area contributed by atoms with Gasteiger partial charge in [0.1, 0.15) is 18.8 Å². The molecule has 6 atom stereocenters. The van der Waals surface area contributed by atoms with Gasteiger partial charge in [0.15, 0.2) is 24.6 Å². The molecule has 412 valence electrons. The van der Waals surface area contributed by atoms with Gasteiger partial charge in [0.2, 0.25) is 0 Å². The molecule has 1 saturated heterocycles. The number of carboxylic acids is 1. The maximum Gasteiger partial charge on any atom is 0.335 e. The summed E-state index contributed by atoms with van der Waals surface area (Å²) in [4.78, 5) is 50.9. The fourth-order valence-corrected chi connectivity index (χ4v) is 8.69. The van der Waals surface area contributed by atoms with E-state index in [0.717, 1.165) is 96.3 Å². The van der Waals surface area contributed by atoms with Crippen molar-refractivity contribution >= 4 is 23.9 Å². The Hall–Kier alpha value is -3.06. The fourth-order valence-electron chi connectivity index (χ4n) is 8.69. The van der Waals surface area contributed by atoms with Gasteiger partial charge in [-0.3, -0.25) is 14.4 Å². The van der Waals surface area contributed by atoms with Crippen LogP contribution in [0.15, 0.2) is 36.5 Å². The van der Waals surface area contributed by atoms with Crippen molar-refractivity contribution in [2.24, 2.45) is 0 Å². The molecule has 1 rings (SSSR count). The van der Waals surface area contributed by atoms with Crippen LogP contribution in [0.25, 0.3) is 0 Å². The number of ether oxygens (including phenoxy) is 5. The predicted octanol–water partition coefficient (Wildman–Crippen LogP) is 14.5. The van der Waals surface area contributed by atoms with Gasteiger partial charge in [0.25, 0.3) is 0 Å². The van der Waals surface area contributed by atoms with Crippen LogP contribution in [0.4, 0.5) is 0 Å². The summed E-state index contributed by atoms with van der Waals surface area (Å²) in [5, 5.41) is 31.3. The number of allylic oxidation sites excluding steroid dienone is 6. The van der Waals surface area contributed by atoms with E-state index >= 15 is 0 Å². The van der Waals surface area contributed by atoms with Crippen molar-refractivity contribution in [2.45, 2.75) is 302 Å². The SMILES string of the molecule is CCCCC/C=C\C/C=C\CCCCCCCC(=O)OC(COC(=O)CCCCCCCCC/C=C\CCCCCCCC)COC1OC(C(=O)O)C(O)C(O)C1OC(=O)CCCCCCCCCCC. The van der Waals surface area contributed by atoms with E-state index in [1.165, 1.54) is 109 Å². The average molecular weight is 1010 g/mol. The number of carbonyl (C=O) groups is 4. The van der Waals surface area contributed by atoms with Crippen molar-refractivity contribution in [2.75, 3.05) is 13.2 Å². The van der Waals surface area contributed by atoms with E-state index in [0.29, 0.717) is 19.3 Å². The Balaban J connectivity index is 2.68. The molecule has 0 amide bonds. The van der Waals surface area contributed by atoms with Crippen LogP contribution in [-0.2, 0) is 42.9 Å². The molecular formula is C59H104O12. The number of esters is 3. The quantitative estimate of drug-likeness (QED) is 0.0228. The van der Waals surface area contributed by atoms with Crippen molar-refractivity contribution in [3.8, 4) is 0 Å². The van der Waals surface area contributed by atoms with Crippen molar-refractivity contribution in [1.82, 2.24) is 0 Å². The Morgan fingerprint density at radius 2 is 0.845 bits per heavy atom. The van der Waals surface area contributed by atoms with Gasteiger partial charge in [-0.05, 0) is 77.0 Å². The van der Waals surface area contributed by atoms with Gasteiger partial charge in [-0.15, -0.1) is 0 Å². The lowest BCUT2D eigenvalue weighted by molar-refractivity contribution is -0.301. The van der Waals surface area contributed by atoms with Crippen LogP contribution < -0.4 is 0 Å². The number of hydrogen-bond donors (Lipinski definition) is 3. The number of rotatable bonds is 49. The molecule has 0 aromatic carbocycles. The number of aliphatic hydroxyl groups excluding tert-OH is 2. The van der Waals surface area contributed by atoms with Crippen molar-refractivity contribution in [3.63, 3.8) is 0 Å². The fraction of sp³-hybridized carbons (Fsp3) is 0.831. The van der Waals surface area contributed by atoms with Crippen LogP contribution in [0, 0.1) is 0 Å². The van der Waals surface area contributed by atoms with Gasteiger partial charge in [0, 0.05) is 19.3 Å². The zero-order valence-electron chi connectivity index (χ0n) is 45.2. The zero-order chi connectivity index (χ0) is 51.8. The van der Waals surface area contributed by atoms with Crippen molar-refractivity contribution < 1.29 is 58.2 Å². The third-order valence-corrected chi connectivity index (χ3v) is 13.2. The highest BCUT2D eigenvalue weighted by molar-refractivity contribution is 5.74. The molecule has 6 unspecified atom stereocenters. The van der Waals surface area contributed by atoms with Crippen LogP contribution in [0.3, 0.4) is 0 Å². The van der Waals surface area contributed by atoms with Crippen molar-refractivity contribution in [1.29, 1.82) is 0 Å². The van der Waals surface area contributed by atoms with E-state index in [1.807, 2.05) is 0 Å². The normalized spacial score (nSPS) is 18.7. The molecule has 1 fully saturated rings. The molecule has 0 radical (unpaired) electrons. The van der Waals surface area contributed by atoms with Crippen LogP contribution in [0.5, 0.6) is 0 Å². The number of carboxylic acid groups (broad SMARTS) is 1. The lowest BCUT2D eigenvalue weighted by atomic mass is 9.98. The van der Waals surface area contributed by atoms with Gasteiger partial charge in [0.05, 0.1) is 6.61 Å². The second-order valence-corrected chi connectivity index (χ2v) is 19.9. The molecule has 71 heavy (non-hydrogen) atoms. The summed E-state index contributed by atoms with van der Waals surface area (Å²) in [5.41, 5.74) is 0. The maximum atomic E-state index is 13.1. The molecule has 0 aromatic heterocycles. The van der Waals surface area contributed by atoms with E-state index in [4.69, 9.17) is 23.7 Å². The summed E-state index contributed by atoms with van der Waals surface area (Å²) in [7, 11) is 0. The monoisotopic (exact) mass is 1000 g/mol. The lowest BCUT2D eigenvalue weighted by Gasteiger charge is -2.40. The number of aliphatic carboxylic acids is 1. The number of unbranched alkanes of at least 4 members (excludes halogenated alkanes) is 29. The molecule has 0 aliphatic carbocycles. The first-order valence-corrected chi connectivity index (χ1v) is 29.0. The minimum Gasteiger partial charge on any atom is -0.479 e. The van der Waals surface area contributed by atoms with E-state index in [-0.39, 0.29) is 25.9 Å². The second kappa shape index (κ2) is 47.9. The summed E-state index contributed by atoms with van der Waals surface area (Å²) in [6, 6.07) is 0. The van der Waals surface area contributed by atoms with E-state index < -0.39 is 67.3 Å². The molecule has 3 N–H and O–H groups in total. The molecule has 12 heteroatoms. The zero-order valence-corrected chi connectivity index (χ0v) is 45.2.